The van der Waals surface area contributed by atoms with E-state index in [9.17, 15) is 0 Å². The summed E-state index contributed by atoms with van der Waals surface area (Å²) >= 11 is 0. The molecule has 2 rings (SSSR count). The fourth-order valence-electron chi connectivity index (χ4n) is 1.32. The quantitative estimate of drug-likeness (QED) is 0.838. The molecule has 15 heavy (non-hydrogen) atoms. The summed E-state index contributed by atoms with van der Waals surface area (Å²) in [7, 11) is 1.87. The summed E-state index contributed by atoms with van der Waals surface area (Å²) in [4.78, 5) is 4.20. The smallest absolute Gasteiger partial charge is 0.211 e. The highest BCUT2D eigenvalue weighted by Gasteiger charge is 2.12. The second-order valence-electron chi connectivity index (χ2n) is 3.52. The Balaban J connectivity index is 2.27. The lowest BCUT2D eigenvalue weighted by Crippen LogP contribution is -2.12. The molecule has 1 atom stereocenters. The van der Waals surface area contributed by atoms with Gasteiger partial charge in [0.1, 0.15) is 12.0 Å². The van der Waals surface area contributed by atoms with E-state index < -0.39 is 0 Å². The van der Waals surface area contributed by atoms with Crippen LogP contribution in [0.3, 0.4) is 0 Å². The van der Waals surface area contributed by atoms with Gasteiger partial charge in [-0.3, -0.25) is 0 Å². The molecule has 0 aliphatic rings. The maximum atomic E-state index is 5.60. The largest absolute Gasteiger partial charge is 0.469 e. The summed E-state index contributed by atoms with van der Waals surface area (Å²) in [6.45, 7) is 3.90. The monoisotopic (exact) mass is 206 g/mol. The van der Waals surface area contributed by atoms with Gasteiger partial charge in [0.15, 0.2) is 5.76 Å². The highest BCUT2D eigenvalue weighted by Crippen LogP contribution is 2.24. The summed E-state index contributed by atoms with van der Waals surface area (Å²) in [5, 5.41) is 3.07. The molecule has 0 saturated carbocycles. The number of aryl methyl sites for hydroxylation is 1. The van der Waals surface area contributed by atoms with E-state index >= 15 is 0 Å². The number of oxazole rings is 1. The average Bonchev–Trinajstić information content (AvgIpc) is 2.84. The molecule has 0 aliphatic carbocycles. The van der Waals surface area contributed by atoms with Crippen molar-refractivity contribution in [3.63, 3.8) is 0 Å². The number of hydrogen-bond acceptors (Lipinski definition) is 4. The molecule has 0 aromatic carbocycles. The Morgan fingerprint density at radius 3 is 2.87 bits per heavy atom. The average molecular weight is 206 g/mol. The Labute approximate surface area is 88.3 Å². The minimum atomic E-state index is 0.117. The molecule has 0 radical (unpaired) electrons. The predicted molar refractivity (Wildman–Crippen MR) is 56.4 cm³/mol. The minimum Gasteiger partial charge on any atom is -0.469 e. The van der Waals surface area contributed by atoms with E-state index in [1.807, 2.05) is 27.0 Å². The van der Waals surface area contributed by atoms with Crippen LogP contribution < -0.4 is 5.32 Å². The van der Waals surface area contributed by atoms with Gasteiger partial charge in [-0.15, -0.1) is 0 Å². The van der Waals surface area contributed by atoms with Gasteiger partial charge in [-0.25, -0.2) is 4.98 Å². The zero-order valence-corrected chi connectivity index (χ0v) is 9.07. The molecule has 80 valence electrons. The normalized spacial score (nSPS) is 13.0. The summed E-state index contributed by atoms with van der Waals surface area (Å²) in [5.74, 6) is 2.29. The van der Waals surface area contributed by atoms with Crippen molar-refractivity contribution in [1.29, 1.82) is 0 Å². The van der Waals surface area contributed by atoms with E-state index in [-0.39, 0.29) is 6.04 Å². The van der Waals surface area contributed by atoms with Gasteiger partial charge in [-0.05, 0) is 27.0 Å². The van der Waals surface area contributed by atoms with Crippen LogP contribution in [0.1, 0.15) is 24.6 Å². The molecule has 2 heterocycles. The Morgan fingerprint density at radius 2 is 2.27 bits per heavy atom. The zero-order chi connectivity index (χ0) is 10.8. The molecular formula is C11H14N2O2. The minimum absolute atomic E-state index is 0.117. The van der Waals surface area contributed by atoms with Crippen molar-refractivity contribution in [2.45, 2.75) is 19.9 Å². The molecule has 0 amide bonds. The summed E-state index contributed by atoms with van der Waals surface area (Å²) in [5.41, 5.74) is 0.926. The molecule has 0 saturated heterocycles. The molecule has 4 heteroatoms. The van der Waals surface area contributed by atoms with Crippen LogP contribution in [0.4, 0.5) is 0 Å². The summed E-state index contributed by atoms with van der Waals surface area (Å²) < 4.78 is 10.8. The van der Waals surface area contributed by atoms with Gasteiger partial charge in [0.25, 0.3) is 0 Å². The molecule has 1 unspecified atom stereocenters. The Kier molecular flexibility index (Phi) is 2.60. The molecule has 2 aromatic heterocycles. The molecule has 0 aliphatic heterocycles. The lowest BCUT2D eigenvalue weighted by atomic mass is 10.3. The van der Waals surface area contributed by atoms with Crippen LogP contribution in [0.2, 0.25) is 0 Å². The number of hydrogen-bond donors (Lipinski definition) is 1. The van der Waals surface area contributed by atoms with Crippen molar-refractivity contribution in [3.8, 4) is 11.3 Å². The van der Waals surface area contributed by atoms with Crippen molar-refractivity contribution in [3.05, 3.63) is 30.2 Å². The Bertz CT molecular complexity index is 445. The maximum Gasteiger partial charge on any atom is 0.211 e. The van der Waals surface area contributed by atoms with Gasteiger partial charge < -0.3 is 14.2 Å². The van der Waals surface area contributed by atoms with E-state index in [0.717, 1.165) is 17.1 Å². The molecule has 2 aromatic rings. The lowest BCUT2D eigenvalue weighted by Gasteiger charge is -2.03. The van der Waals surface area contributed by atoms with Crippen molar-refractivity contribution in [2.75, 3.05) is 7.05 Å². The van der Waals surface area contributed by atoms with E-state index in [2.05, 4.69) is 10.3 Å². The Morgan fingerprint density at radius 1 is 1.47 bits per heavy atom. The Hall–Kier alpha value is -1.55. The lowest BCUT2D eigenvalue weighted by molar-refractivity contribution is 0.441. The topological polar surface area (TPSA) is 51.2 Å². The van der Waals surface area contributed by atoms with Crippen molar-refractivity contribution >= 4 is 0 Å². The number of furan rings is 1. The number of aromatic nitrogens is 1. The van der Waals surface area contributed by atoms with E-state index in [1.54, 1.807) is 12.5 Å². The third-order valence-electron chi connectivity index (χ3n) is 2.34. The number of nitrogens with zero attached hydrogens (tertiary/aromatic N) is 1. The van der Waals surface area contributed by atoms with Gasteiger partial charge in [0.05, 0.1) is 17.8 Å². The van der Waals surface area contributed by atoms with Crippen LogP contribution in [0, 0.1) is 6.92 Å². The van der Waals surface area contributed by atoms with E-state index in [0.29, 0.717) is 5.89 Å². The van der Waals surface area contributed by atoms with Crippen LogP contribution in [-0.2, 0) is 0 Å². The van der Waals surface area contributed by atoms with Crippen LogP contribution in [0.15, 0.2) is 27.4 Å². The molecule has 0 bridgehead atoms. The van der Waals surface area contributed by atoms with Gasteiger partial charge in [0, 0.05) is 0 Å². The number of rotatable bonds is 3. The molecule has 0 fully saturated rings. The fourth-order valence-corrected chi connectivity index (χ4v) is 1.32. The molecular weight excluding hydrogens is 192 g/mol. The first kappa shape index (κ1) is 9.98. The van der Waals surface area contributed by atoms with Crippen molar-refractivity contribution < 1.29 is 8.83 Å². The highest BCUT2D eigenvalue weighted by molar-refractivity contribution is 5.55. The van der Waals surface area contributed by atoms with Crippen molar-refractivity contribution in [1.82, 2.24) is 10.3 Å². The summed E-state index contributed by atoms with van der Waals surface area (Å²) in [6.07, 6.45) is 3.39. The SMILES string of the molecule is CNC(C)c1ncc(-c2coc(C)c2)o1. The third kappa shape index (κ3) is 1.94. The van der Waals surface area contributed by atoms with Crippen LogP contribution in [0.5, 0.6) is 0 Å². The number of nitrogens with one attached hydrogen (secondary N) is 1. The highest BCUT2D eigenvalue weighted by atomic mass is 16.4. The van der Waals surface area contributed by atoms with E-state index in [4.69, 9.17) is 8.83 Å². The molecule has 1 N–H and O–H groups in total. The first-order valence-electron chi connectivity index (χ1n) is 4.89. The van der Waals surface area contributed by atoms with E-state index in [1.165, 1.54) is 0 Å². The van der Waals surface area contributed by atoms with Gasteiger partial charge in [-0.2, -0.15) is 0 Å². The molecule has 0 spiro atoms. The van der Waals surface area contributed by atoms with Crippen LogP contribution in [0.25, 0.3) is 11.3 Å². The second-order valence-corrected chi connectivity index (χ2v) is 3.52. The predicted octanol–water partition coefficient (Wildman–Crippen LogP) is 2.52. The van der Waals surface area contributed by atoms with Gasteiger partial charge in [-0.1, -0.05) is 0 Å². The zero-order valence-electron chi connectivity index (χ0n) is 9.07. The van der Waals surface area contributed by atoms with Crippen LogP contribution in [-0.4, -0.2) is 12.0 Å². The standard InChI is InChI=1S/C11H14N2O2/c1-7-4-9(6-14-7)10-5-13-11(15-10)8(2)12-3/h4-6,8,12H,1-3H3. The first-order valence-corrected chi connectivity index (χ1v) is 4.89. The third-order valence-corrected chi connectivity index (χ3v) is 2.34. The fraction of sp³-hybridized carbons (Fsp3) is 0.364. The van der Waals surface area contributed by atoms with Crippen LogP contribution >= 0.6 is 0 Å². The summed E-state index contributed by atoms with van der Waals surface area (Å²) in [6, 6.07) is 2.04. The second kappa shape index (κ2) is 3.90. The van der Waals surface area contributed by atoms with Gasteiger partial charge in [0.2, 0.25) is 5.89 Å². The van der Waals surface area contributed by atoms with Crippen molar-refractivity contribution in [2.24, 2.45) is 0 Å². The molecule has 4 nitrogen and oxygen atoms in total. The van der Waals surface area contributed by atoms with Gasteiger partial charge >= 0.3 is 0 Å². The maximum absolute atomic E-state index is 5.60. The first-order chi connectivity index (χ1) is 7.20.